The summed E-state index contributed by atoms with van der Waals surface area (Å²) >= 11 is 3.33. The second-order valence-electron chi connectivity index (χ2n) is 3.80. The summed E-state index contributed by atoms with van der Waals surface area (Å²) in [6.07, 6.45) is 3.59. The molecule has 1 aliphatic carbocycles. The lowest BCUT2D eigenvalue weighted by molar-refractivity contribution is 0.0585. The average molecular weight is 285 g/mol. The van der Waals surface area contributed by atoms with Gasteiger partial charge in [-0.15, -0.1) is 0 Å². The maximum Gasteiger partial charge on any atom is 0.341 e. The van der Waals surface area contributed by atoms with Crippen LogP contribution in [0.3, 0.4) is 0 Å². The largest absolute Gasteiger partial charge is 0.490 e. The predicted octanol–water partition coefficient (Wildman–Crippen LogP) is 3.17. The van der Waals surface area contributed by atoms with Gasteiger partial charge in [0, 0.05) is 4.47 Å². The van der Waals surface area contributed by atoms with E-state index < -0.39 is 0 Å². The van der Waals surface area contributed by atoms with E-state index in [0.717, 1.165) is 17.3 Å². The first-order valence-corrected chi connectivity index (χ1v) is 6.04. The van der Waals surface area contributed by atoms with Crippen molar-refractivity contribution in [2.75, 3.05) is 7.11 Å². The van der Waals surface area contributed by atoms with Crippen molar-refractivity contribution < 1.29 is 14.3 Å². The van der Waals surface area contributed by atoms with Crippen molar-refractivity contribution in [2.45, 2.75) is 25.4 Å². The molecular formula is C12H13BrO3. The highest BCUT2D eigenvalue weighted by Gasteiger charge is 2.22. The van der Waals surface area contributed by atoms with Gasteiger partial charge in [-0.2, -0.15) is 0 Å². The molecule has 0 aliphatic heterocycles. The van der Waals surface area contributed by atoms with E-state index in [4.69, 9.17) is 9.47 Å². The molecule has 0 radical (unpaired) electrons. The van der Waals surface area contributed by atoms with Gasteiger partial charge in [0.05, 0.1) is 13.2 Å². The van der Waals surface area contributed by atoms with E-state index in [-0.39, 0.29) is 12.1 Å². The molecule has 16 heavy (non-hydrogen) atoms. The van der Waals surface area contributed by atoms with Gasteiger partial charge in [0.1, 0.15) is 11.3 Å². The van der Waals surface area contributed by atoms with Crippen LogP contribution in [-0.2, 0) is 4.74 Å². The lowest BCUT2D eigenvalue weighted by atomic mass is 9.96. The number of hydrogen-bond donors (Lipinski definition) is 0. The van der Waals surface area contributed by atoms with Gasteiger partial charge in [0.15, 0.2) is 0 Å². The molecule has 1 aliphatic rings. The van der Waals surface area contributed by atoms with Gasteiger partial charge < -0.3 is 9.47 Å². The van der Waals surface area contributed by atoms with Crippen LogP contribution < -0.4 is 4.74 Å². The summed E-state index contributed by atoms with van der Waals surface area (Å²) in [4.78, 5) is 11.6. The van der Waals surface area contributed by atoms with Crippen LogP contribution in [0.4, 0.5) is 0 Å². The molecule has 0 amide bonds. The molecule has 0 unspecified atom stereocenters. The Morgan fingerprint density at radius 2 is 2.19 bits per heavy atom. The van der Waals surface area contributed by atoms with Crippen molar-refractivity contribution in [1.29, 1.82) is 0 Å². The van der Waals surface area contributed by atoms with E-state index in [2.05, 4.69) is 15.9 Å². The molecule has 1 aromatic carbocycles. The molecule has 0 bridgehead atoms. The zero-order valence-electron chi connectivity index (χ0n) is 9.03. The quantitative estimate of drug-likeness (QED) is 0.800. The van der Waals surface area contributed by atoms with E-state index >= 15 is 0 Å². The highest BCUT2D eigenvalue weighted by Crippen LogP contribution is 2.29. The summed E-state index contributed by atoms with van der Waals surface area (Å²) in [6, 6.07) is 5.38. The molecule has 1 aromatic rings. The fourth-order valence-electron chi connectivity index (χ4n) is 1.54. The van der Waals surface area contributed by atoms with Crippen LogP contribution in [0.25, 0.3) is 0 Å². The highest BCUT2D eigenvalue weighted by atomic mass is 79.9. The number of halogens is 1. The topological polar surface area (TPSA) is 35.5 Å². The normalized spacial score (nSPS) is 15.4. The van der Waals surface area contributed by atoms with Crippen LogP contribution in [0.1, 0.15) is 29.6 Å². The van der Waals surface area contributed by atoms with E-state index in [1.807, 2.05) is 6.07 Å². The molecule has 0 aromatic heterocycles. The van der Waals surface area contributed by atoms with Crippen molar-refractivity contribution in [1.82, 2.24) is 0 Å². The molecule has 0 spiro atoms. The SMILES string of the molecule is COC(=O)c1cc(Br)ccc1OC1CCC1. The Hall–Kier alpha value is -1.03. The molecule has 0 heterocycles. The number of methoxy groups -OCH3 is 1. The number of esters is 1. The van der Waals surface area contributed by atoms with Crippen LogP contribution in [0, 0.1) is 0 Å². The molecule has 0 atom stereocenters. The Morgan fingerprint density at radius 3 is 2.75 bits per heavy atom. The lowest BCUT2D eigenvalue weighted by Crippen LogP contribution is -2.25. The summed E-state index contributed by atoms with van der Waals surface area (Å²) in [6.45, 7) is 0. The third-order valence-electron chi connectivity index (χ3n) is 2.69. The zero-order chi connectivity index (χ0) is 11.5. The molecule has 1 fully saturated rings. The fraction of sp³-hybridized carbons (Fsp3) is 0.417. The van der Waals surface area contributed by atoms with Crippen LogP contribution in [0.2, 0.25) is 0 Å². The summed E-state index contributed by atoms with van der Waals surface area (Å²) in [7, 11) is 1.37. The summed E-state index contributed by atoms with van der Waals surface area (Å²) in [5, 5.41) is 0. The molecule has 0 N–H and O–H groups in total. The summed E-state index contributed by atoms with van der Waals surface area (Å²) in [5.74, 6) is 0.246. The Bertz CT molecular complexity index is 399. The van der Waals surface area contributed by atoms with Crippen molar-refractivity contribution in [2.24, 2.45) is 0 Å². The number of carbonyl (C=O) groups excluding carboxylic acids is 1. The number of ether oxygens (including phenoxy) is 2. The maximum atomic E-state index is 11.6. The van der Waals surface area contributed by atoms with E-state index in [0.29, 0.717) is 11.3 Å². The average Bonchev–Trinajstić information content (AvgIpc) is 2.23. The Labute approximate surface area is 103 Å². The minimum absolute atomic E-state index is 0.254. The molecular weight excluding hydrogens is 272 g/mol. The van der Waals surface area contributed by atoms with Crippen molar-refractivity contribution in [3.8, 4) is 5.75 Å². The first-order chi connectivity index (χ1) is 7.70. The first-order valence-electron chi connectivity index (χ1n) is 5.25. The maximum absolute atomic E-state index is 11.6. The van der Waals surface area contributed by atoms with Gasteiger partial charge in [0.25, 0.3) is 0 Å². The molecule has 2 rings (SSSR count). The fourth-order valence-corrected chi connectivity index (χ4v) is 1.90. The smallest absolute Gasteiger partial charge is 0.341 e. The number of rotatable bonds is 3. The third-order valence-corrected chi connectivity index (χ3v) is 3.19. The zero-order valence-corrected chi connectivity index (χ0v) is 10.6. The van der Waals surface area contributed by atoms with Gasteiger partial charge in [-0.3, -0.25) is 0 Å². The Morgan fingerprint density at radius 1 is 1.44 bits per heavy atom. The molecule has 4 heteroatoms. The molecule has 86 valence electrons. The van der Waals surface area contributed by atoms with E-state index in [1.165, 1.54) is 13.5 Å². The van der Waals surface area contributed by atoms with E-state index in [1.54, 1.807) is 12.1 Å². The minimum atomic E-state index is -0.365. The van der Waals surface area contributed by atoms with Gasteiger partial charge in [-0.25, -0.2) is 4.79 Å². The van der Waals surface area contributed by atoms with Crippen LogP contribution >= 0.6 is 15.9 Å². The van der Waals surface area contributed by atoms with E-state index in [9.17, 15) is 4.79 Å². The van der Waals surface area contributed by atoms with Crippen molar-refractivity contribution in [3.05, 3.63) is 28.2 Å². The number of hydrogen-bond acceptors (Lipinski definition) is 3. The first kappa shape index (κ1) is 11.5. The lowest BCUT2D eigenvalue weighted by Gasteiger charge is -2.27. The van der Waals surface area contributed by atoms with Gasteiger partial charge in [-0.05, 0) is 37.5 Å². The third kappa shape index (κ3) is 2.38. The Kier molecular flexibility index (Phi) is 3.49. The minimum Gasteiger partial charge on any atom is -0.490 e. The van der Waals surface area contributed by atoms with Crippen molar-refractivity contribution >= 4 is 21.9 Å². The monoisotopic (exact) mass is 284 g/mol. The van der Waals surface area contributed by atoms with Crippen LogP contribution in [0.15, 0.2) is 22.7 Å². The van der Waals surface area contributed by atoms with Crippen LogP contribution in [-0.4, -0.2) is 19.2 Å². The predicted molar refractivity (Wildman–Crippen MR) is 63.7 cm³/mol. The number of carbonyl (C=O) groups is 1. The molecule has 0 saturated heterocycles. The van der Waals surface area contributed by atoms with Gasteiger partial charge in [0.2, 0.25) is 0 Å². The molecule has 1 saturated carbocycles. The summed E-state index contributed by atoms with van der Waals surface area (Å²) < 4.78 is 11.3. The van der Waals surface area contributed by atoms with Gasteiger partial charge >= 0.3 is 5.97 Å². The highest BCUT2D eigenvalue weighted by molar-refractivity contribution is 9.10. The molecule has 3 nitrogen and oxygen atoms in total. The van der Waals surface area contributed by atoms with Gasteiger partial charge in [-0.1, -0.05) is 15.9 Å². The second-order valence-corrected chi connectivity index (χ2v) is 4.72. The van der Waals surface area contributed by atoms with Crippen LogP contribution in [0.5, 0.6) is 5.75 Å². The second kappa shape index (κ2) is 4.87. The number of benzene rings is 1. The standard InChI is InChI=1S/C12H13BrO3/c1-15-12(14)10-7-8(13)5-6-11(10)16-9-3-2-4-9/h5-7,9H,2-4H2,1H3. The van der Waals surface area contributed by atoms with Crippen molar-refractivity contribution in [3.63, 3.8) is 0 Å². The summed E-state index contributed by atoms with van der Waals surface area (Å²) in [5.41, 5.74) is 0.476. The Balaban J connectivity index is 2.23.